The van der Waals surface area contributed by atoms with Crippen molar-refractivity contribution < 1.29 is 4.74 Å². The lowest BCUT2D eigenvalue weighted by Crippen LogP contribution is -1.96. The SMILES string of the molecule is [c]1ccc(OCc2ccccn2)cc1. The Bertz CT molecular complexity index is 333. The lowest BCUT2D eigenvalue weighted by molar-refractivity contribution is 0.301. The normalized spacial score (nSPS) is 9.71. The molecule has 0 amide bonds. The van der Waals surface area contributed by atoms with E-state index in [2.05, 4.69) is 11.1 Å². The lowest BCUT2D eigenvalue weighted by atomic mass is 10.3. The second-order valence-electron chi connectivity index (χ2n) is 2.85. The van der Waals surface area contributed by atoms with E-state index in [1.807, 2.05) is 42.5 Å². The molecule has 2 rings (SSSR count). The predicted molar refractivity (Wildman–Crippen MR) is 53.8 cm³/mol. The van der Waals surface area contributed by atoms with Gasteiger partial charge in [0.1, 0.15) is 12.4 Å². The molecular weight excluding hydrogens is 174 g/mol. The van der Waals surface area contributed by atoms with E-state index in [-0.39, 0.29) is 0 Å². The van der Waals surface area contributed by atoms with Crippen LogP contribution < -0.4 is 4.74 Å². The third kappa shape index (κ3) is 2.33. The number of hydrogen-bond donors (Lipinski definition) is 0. The molecule has 69 valence electrons. The summed E-state index contributed by atoms with van der Waals surface area (Å²) in [5.74, 6) is 0.842. The van der Waals surface area contributed by atoms with Crippen molar-refractivity contribution in [3.8, 4) is 5.75 Å². The van der Waals surface area contributed by atoms with E-state index >= 15 is 0 Å². The quantitative estimate of drug-likeness (QED) is 0.731. The summed E-state index contributed by atoms with van der Waals surface area (Å²) >= 11 is 0. The Kier molecular flexibility index (Phi) is 2.76. The van der Waals surface area contributed by atoms with Crippen LogP contribution in [0.1, 0.15) is 5.69 Å². The molecule has 1 heterocycles. The number of benzene rings is 1. The van der Waals surface area contributed by atoms with Crippen LogP contribution in [0.3, 0.4) is 0 Å². The molecule has 0 unspecified atom stereocenters. The zero-order valence-corrected chi connectivity index (χ0v) is 7.68. The van der Waals surface area contributed by atoms with Crippen LogP contribution in [-0.2, 0) is 6.61 Å². The molecule has 0 aliphatic rings. The lowest BCUT2D eigenvalue weighted by Gasteiger charge is -2.04. The van der Waals surface area contributed by atoms with Crippen LogP contribution in [0.4, 0.5) is 0 Å². The van der Waals surface area contributed by atoms with Gasteiger partial charge in [-0.1, -0.05) is 18.2 Å². The summed E-state index contributed by atoms with van der Waals surface area (Å²) in [4.78, 5) is 4.16. The van der Waals surface area contributed by atoms with Crippen LogP contribution in [0.2, 0.25) is 0 Å². The van der Waals surface area contributed by atoms with E-state index in [4.69, 9.17) is 4.74 Å². The van der Waals surface area contributed by atoms with E-state index in [9.17, 15) is 0 Å². The van der Waals surface area contributed by atoms with E-state index in [1.165, 1.54) is 0 Å². The fraction of sp³-hybridized carbons (Fsp3) is 0.0833. The van der Waals surface area contributed by atoms with Gasteiger partial charge < -0.3 is 4.74 Å². The highest BCUT2D eigenvalue weighted by Gasteiger charge is 1.94. The molecule has 0 bridgehead atoms. The third-order valence-electron chi connectivity index (χ3n) is 1.80. The third-order valence-corrected chi connectivity index (χ3v) is 1.80. The first-order valence-electron chi connectivity index (χ1n) is 4.44. The van der Waals surface area contributed by atoms with Gasteiger partial charge in [-0.3, -0.25) is 4.98 Å². The van der Waals surface area contributed by atoms with Gasteiger partial charge in [0.2, 0.25) is 0 Å². The van der Waals surface area contributed by atoms with Crippen LogP contribution in [0.15, 0.2) is 48.7 Å². The van der Waals surface area contributed by atoms with Gasteiger partial charge in [0, 0.05) is 6.20 Å². The van der Waals surface area contributed by atoms with Gasteiger partial charge in [-0.15, -0.1) is 0 Å². The van der Waals surface area contributed by atoms with Crippen LogP contribution in [-0.4, -0.2) is 4.98 Å². The topological polar surface area (TPSA) is 22.1 Å². The summed E-state index contributed by atoms with van der Waals surface area (Å²) in [6, 6.07) is 16.1. The second-order valence-corrected chi connectivity index (χ2v) is 2.85. The minimum Gasteiger partial charge on any atom is -0.487 e. The maximum atomic E-state index is 5.51. The Balaban J connectivity index is 1.96. The van der Waals surface area contributed by atoms with Crippen LogP contribution in [0.25, 0.3) is 0 Å². The summed E-state index contributed by atoms with van der Waals surface area (Å²) in [5.41, 5.74) is 0.931. The van der Waals surface area contributed by atoms with Crippen molar-refractivity contribution in [3.05, 3.63) is 60.4 Å². The number of aromatic nitrogens is 1. The molecule has 0 aliphatic carbocycles. The number of ether oxygens (including phenoxy) is 1. The number of pyridine rings is 1. The molecule has 2 heteroatoms. The second kappa shape index (κ2) is 4.42. The zero-order valence-electron chi connectivity index (χ0n) is 7.68. The summed E-state index contributed by atoms with van der Waals surface area (Å²) in [6.45, 7) is 0.505. The molecule has 2 nitrogen and oxygen atoms in total. The first-order chi connectivity index (χ1) is 6.95. The van der Waals surface area contributed by atoms with Crippen LogP contribution in [0, 0.1) is 6.07 Å². The molecule has 0 saturated carbocycles. The van der Waals surface area contributed by atoms with Crippen molar-refractivity contribution in [3.63, 3.8) is 0 Å². The Labute approximate surface area is 83.2 Å². The van der Waals surface area contributed by atoms with Crippen molar-refractivity contribution >= 4 is 0 Å². The molecule has 0 fully saturated rings. The molecule has 0 N–H and O–H groups in total. The van der Waals surface area contributed by atoms with Gasteiger partial charge in [-0.05, 0) is 30.3 Å². The Hall–Kier alpha value is -1.83. The maximum absolute atomic E-state index is 5.51. The summed E-state index contributed by atoms with van der Waals surface area (Å²) in [6.07, 6.45) is 1.76. The Morgan fingerprint density at radius 2 is 2.00 bits per heavy atom. The smallest absolute Gasteiger partial charge is 0.130 e. The van der Waals surface area contributed by atoms with Crippen LogP contribution >= 0.6 is 0 Å². The molecular formula is C12H10NO. The first-order valence-corrected chi connectivity index (χ1v) is 4.44. The van der Waals surface area contributed by atoms with Gasteiger partial charge in [-0.25, -0.2) is 0 Å². The first kappa shape index (κ1) is 8.75. The van der Waals surface area contributed by atoms with Crippen molar-refractivity contribution in [2.45, 2.75) is 6.61 Å². The molecule has 0 aliphatic heterocycles. The van der Waals surface area contributed by atoms with E-state index in [1.54, 1.807) is 6.20 Å². The number of nitrogens with zero attached hydrogens (tertiary/aromatic N) is 1. The maximum Gasteiger partial charge on any atom is 0.130 e. The molecule has 0 spiro atoms. The fourth-order valence-corrected chi connectivity index (χ4v) is 1.11. The average Bonchev–Trinajstić information content (AvgIpc) is 2.29. The predicted octanol–water partition coefficient (Wildman–Crippen LogP) is 2.46. The van der Waals surface area contributed by atoms with E-state index in [0.717, 1.165) is 11.4 Å². The monoisotopic (exact) mass is 184 g/mol. The standard InChI is InChI=1S/C12H10NO/c1-2-7-12(8-3-1)14-10-11-6-4-5-9-13-11/h2-9H,10H2. The molecule has 14 heavy (non-hydrogen) atoms. The molecule has 1 aromatic heterocycles. The summed E-state index contributed by atoms with van der Waals surface area (Å²) < 4.78 is 5.51. The Morgan fingerprint density at radius 3 is 2.71 bits per heavy atom. The minimum absolute atomic E-state index is 0.505. The molecule has 0 saturated heterocycles. The van der Waals surface area contributed by atoms with Gasteiger partial charge in [-0.2, -0.15) is 0 Å². The highest BCUT2D eigenvalue weighted by atomic mass is 16.5. The number of hydrogen-bond acceptors (Lipinski definition) is 2. The highest BCUT2D eigenvalue weighted by molar-refractivity contribution is 5.20. The van der Waals surface area contributed by atoms with Crippen LogP contribution in [0.5, 0.6) is 5.75 Å². The molecule has 1 aromatic carbocycles. The summed E-state index contributed by atoms with van der Waals surface area (Å²) in [5, 5.41) is 0. The molecule has 0 atom stereocenters. The average molecular weight is 184 g/mol. The van der Waals surface area contributed by atoms with Crippen molar-refractivity contribution in [1.29, 1.82) is 0 Å². The van der Waals surface area contributed by atoms with E-state index < -0.39 is 0 Å². The zero-order chi connectivity index (χ0) is 9.64. The Morgan fingerprint density at radius 1 is 1.14 bits per heavy atom. The van der Waals surface area contributed by atoms with E-state index in [0.29, 0.717) is 6.61 Å². The van der Waals surface area contributed by atoms with Gasteiger partial charge in [0.15, 0.2) is 0 Å². The van der Waals surface area contributed by atoms with Gasteiger partial charge in [0.25, 0.3) is 0 Å². The largest absolute Gasteiger partial charge is 0.487 e. The van der Waals surface area contributed by atoms with Crippen molar-refractivity contribution in [2.75, 3.05) is 0 Å². The molecule has 1 radical (unpaired) electrons. The van der Waals surface area contributed by atoms with Crippen molar-refractivity contribution in [1.82, 2.24) is 4.98 Å². The van der Waals surface area contributed by atoms with Gasteiger partial charge in [0.05, 0.1) is 5.69 Å². The summed E-state index contributed by atoms with van der Waals surface area (Å²) in [7, 11) is 0. The fourth-order valence-electron chi connectivity index (χ4n) is 1.11. The molecule has 2 aromatic rings. The number of rotatable bonds is 3. The van der Waals surface area contributed by atoms with Crippen molar-refractivity contribution in [2.24, 2.45) is 0 Å². The minimum atomic E-state index is 0.505. The van der Waals surface area contributed by atoms with Gasteiger partial charge >= 0.3 is 0 Å². The highest BCUT2D eigenvalue weighted by Crippen LogP contribution is 2.09.